The SMILES string of the molecule is COc1ccc2nc(CCCl)n(CCC3CC3)c2c1. The summed E-state index contributed by atoms with van der Waals surface area (Å²) < 4.78 is 7.64. The number of aromatic nitrogens is 2. The van der Waals surface area contributed by atoms with Crippen molar-refractivity contribution in [1.82, 2.24) is 9.55 Å². The fraction of sp³-hybridized carbons (Fsp3) is 0.533. The molecule has 3 nitrogen and oxygen atoms in total. The predicted molar refractivity (Wildman–Crippen MR) is 78.1 cm³/mol. The molecule has 1 aliphatic carbocycles. The van der Waals surface area contributed by atoms with Crippen LogP contribution < -0.4 is 4.74 Å². The molecule has 0 aliphatic heterocycles. The summed E-state index contributed by atoms with van der Waals surface area (Å²) in [5.74, 6) is 3.52. The van der Waals surface area contributed by atoms with Crippen LogP contribution in [0.1, 0.15) is 25.1 Å². The monoisotopic (exact) mass is 278 g/mol. The first kappa shape index (κ1) is 12.8. The fourth-order valence-electron chi connectivity index (χ4n) is 2.52. The Bertz CT molecular complexity index is 575. The number of ether oxygens (including phenoxy) is 1. The van der Waals surface area contributed by atoms with Gasteiger partial charge >= 0.3 is 0 Å². The molecule has 2 aromatic rings. The van der Waals surface area contributed by atoms with Crippen molar-refractivity contribution >= 4 is 22.6 Å². The number of hydrogen-bond acceptors (Lipinski definition) is 2. The lowest BCUT2D eigenvalue weighted by Gasteiger charge is -2.08. The number of halogens is 1. The van der Waals surface area contributed by atoms with Crippen LogP contribution in [0.25, 0.3) is 11.0 Å². The lowest BCUT2D eigenvalue weighted by molar-refractivity contribution is 0.415. The van der Waals surface area contributed by atoms with Gasteiger partial charge in [0.15, 0.2) is 0 Å². The number of methoxy groups -OCH3 is 1. The molecule has 0 bridgehead atoms. The summed E-state index contributed by atoms with van der Waals surface area (Å²) in [6.45, 7) is 1.04. The first-order chi connectivity index (χ1) is 9.31. The molecule has 19 heavy (non-hydrogen) atoms. The van der Waals surface area contributed by atoms with Gasteiger partial charge in [-0.2, -0.15) is 0 Å². The van der Waals surface area contributed by atoms with E-state index in [2.05, 4.69) is 10.6 Å². The Morgan fingerprint density at radius 1 is 1.42 bits per heavy atom. The highest BCUT2D eigenvalue weighted by Gasteiger charge is 2.22. The van der Waals surface area contributed by atoms with Crippen molar-refractivity contribution in [3.8, 4) is 5.75 Å². The fourth-order valence-corrected chi connectivity index (χ4v) is 2.69. The standard InChI is InChI=1S/C15H19ClN2O/c1-19-12-4-5-13-14(10-12)18(9-7-11-2-3-11)15(17-13)6-8-16/h4-5,10-11H,2-3,6-9H2,1H3. The molecule has 3 rings (SSSR count). The maximum Gasteiger partial charge on any atom is 0.121 e. The van der Waals surface area contributed by atoms with Crippen LogP contribution in [0.3, 0.4) is 0 Å². The van der Waals surface area contributed by atoms with E-state index >= 15 is 0 Å². The van der Waals surface area contributed by atoms with Gasteiger partial charge in [-0.3, -0.25) is 0 Å². The molecule has 0 radical (unpaired) electrons. The molecule has 1 heterocycles. The number of alkyl halides is 1. The van der Waals surface area contributed by atoms with Gasteiger partial charge in [0.2, 0.25) is 0 Å². The summed E-state index contributed by atoms with van der Waals surface area (Å²) in [4.78, 5) is 4.70. The predicted octanol–water partition coefficient (Wildman–Crippen LogP) is 3.63. The second kappa shape index (κ2) is 5.41. The van der Waals surface area contributed by atoms with Crippen molar-refractivity contribution in [2.24, 2.45) is 5.92 Å². The highest BCUT2D eigenvalue weighted by Crippen LogP contribution is 2.33. The molecule has 0 atom stereocenters. The zero-order valence-electron chi connectivity index (χ0n) is 11.2. The summed E-state index contributed by atoms with van der Waals surface area (Å²) in [6.07, 6.45) is 4.85. The Kier molecular flexibility index (Phi) is 3.65. The van der Waals surface area contributed by atoms with E-state index in [1.165, 1.54) is 24.8 Å². The van der Waals surface area contributed by atoms with E-state index in [9.17, 15) is 0 Å². The Hall–Kier alpha value is -1.22. The Morgan fingerprint density at radius 2 is 2.26 bits per heavy atom. The van der Waals surface area contributed by atoms with Crippen molar-refractivity contribution < 1.29 is 4.74 Å². The minimum absolute atomic E-state index is 0.615. The second-order valence-electron chi connectivity index (χ2n) is 5.21. The summed E-state index contributed by atoms with van der Waals surface area (Å²) in [7, 11) is 1.70. The van der Waals surface area contributed by atoms with Gasteiger partial charge < -0.3 is 9.30 Å². The molecule has 1 aliphatic rings. The van der Waals surface area contributed by atoms with Gasteiger partial charge in [-0.1, -0.05) is 12.8 Å². The summed E-state index contributed by atoms with van der Waals surface area (Å²) in [6, 6.07) is 6.07. The molecule has 0 unspecified atom stereocenters. The molecule has 1 aromatic carbocycles. The van der Waals surface area contributed by atoms with Crippen LogP contribution in [0.4, 0.5) is 0 Å². The molecule has 1 fully saturated rings. The van der Waals surface area contributed by atoms with E-state index in [4.69, 9.17) is 21.3 Å². The number of fused-ring (bicyclic) bond motifs is 1. The van der Waals surface area contributed by atoms with Gasteiger partial charge in [0.1, 0.15) is 11.6 Å². The first-order valence-corrected chi connectivity index (χ1v) is 7.44. The van der Waals surface area contributed by atoms with Crippen molar-refractivity contribution in [2.45, 2.75) is 32.2 Å². The topological polar surface area (TPSA) is 27.1 Å². The minimum atomic E-state index is 0.615. The van der Waals surface area contributed by atoms with Crippen LogP contribution in [-0.2, 0) is 13.0 Å². The zero-order valence-corrected chi connectivity index (χ0v) is 12.0. The van der Waals surface area contributed by atoms with E-state index in [0.29, 0.717) is 5.88 Å². The molecule has 0 amide bonds. The highest BCUT2D eigenvalue weighted by molar-refractivity contribution is 6.17. The molecule has 102 valence electrons. The third-order valence-corrected chi connectivity index (χ3v) is 4.00. The molecular formula is C15H19ClN2O. The molecule has 0 spiro atoms. The number of imidazole rings is 1. The zero-order chi connectivity index (χ0) is 13.2. The van der Waals surface area contributed by atoms with Gasteiger partial charge in [-0.25, -0.2) is 4.98 Å². The maximum atomic E-state index is 5.89. The van der Waals surface area contributed by atoms with E-state index < -0.39 is 0 Å². The normalized spacial score (nSPS) is 15.1. The van der Waals surface area contributed by atoms with Gasteiger partial charge in [-0.15, -0.1) is 11.6 Å². The van der Waals surface area contributed by atoms with Gasteiger partial charge in [0, 0.05) is 24.9 Å². The van der Waals surface area contributed by atoms with Gasteiger partial charge in [-0.05, 0) is 24.5 Å². The first-order valence-electron chi connectivity index (χ1n) is 6.91. The number of hydrogen-bond donors (Lipinski definition) is 0. The Balaban J connectivity index is 1.98. The lowest BCUT2D eigenvalue weighted by Crippen LogP contribution is -2.05. The second-order valence-corrected chi connectivity index (χ2v) is 5.58. The largest absolute Gasteiger partial charge is 0.497 e. The van der Waals surface area contributed by atoms with Crippen LogP contribution in [0.2, 0.25) is 0 Å². The summed E-state index contributed by atoms with van der Waals surface area (Å²) >= 11 is 5.89. The maximum absolute atomic E-state index is 5.89. The number of benzene rings is 1. The molecular weight excluding hydrogens is 260 g/mol. The quantitative estimate of drug-likeness (QED) is 0.755. The lowest BCUT2D eigenvalue weighted by atomic mass is 10.2. The summed E-state index contributed by atoms with van der Waals surface area (Å²) in [5.41, 5.74) is 2.21. The third-order valence-electron chi connectivity index (χ3n) is 3.81. The van der Waals surface area contributed by atoms with Crippen LogP contribution in [0, 0.1) is 5.92 Å². The van der Waals surface area contributed by atoms with Crippen molar-refractivity contribution in [1.29, 1.82) is 0 Å². The number of nitrogens with zero attached hydrogens (tertiary/aromatic N) is 2. The minimum Gasteiger partial charge on any atom is -0.497 e. The van der Waals surface area contributed by atoms with Crippen molar-refractivity contribution in [2.75, 3.05) is 13.0 Å². The van der Waals surface area contributed by atoms with Crippen LogP contribution in [0.15, 0.2) is 18.2 Å². The van der Waals surface area contributed by atoms with E-state index in [-0.39, 0.29) is 0 Å². The summed E-state index contributed by atoms with van der Waals surface area (Å²) in [5, 5.41) is 0. The van der Waals surface area contributed by atoms with Crippen molar-refractivity contribution in [3.05, 3.63) is 24.0 Å². The average molecular weight is 279 g/mol. The average Bonchev–Trinajstić information content (AvgIpc) is 3.19. The Labute approximate surface area is 118 Å². The molecule has 4 heteroatoms. The van der Waals surface area contributed by atoms with Gasteiger partial charge in [0.05, 0.1) is 18.1 Å². The van der Waals surface area contributed by atoms with Crippen LogP contribution in [0.5, 0.6) is 5.75 Å². The van der Waals surface area contributed by atoms with Crippen LogP contribution in [-0.4, -0.2) is 22.5 Å². The number of aryl methyl sites for hydroxylation is 2. The van der Waals surface area contributed by atoms with Crippen LogP contribution >= 0.6 is 11.6 Å². The van der Waals surface area contributed by atoms with Gasteiger partial charge in [0.25, 0.3) is 0 Å². The molecule has 0 N–H and O–H groups in total. The molecule has 1 aromatic heterocycles. The third kappa shape index (κ3) is 2.71. The smallest absolute Gasteiger partial charge is 0.121 e. The number of rotatable bonds is 6. The van der Waals surface area contributed by atoms with Crippen molar-refractivity contribution in [3.63, 3.8) is 0 Å². The molecule has 0 saturated heterocycles. The molecule has 1 saturated carbocycles. The van der Waals surface area contributed by atoms with E-state index in [0.717, 1.165) is 36.0 Å². The Morgan fingerprint density at radius 3 is 2.95 bits per heavy atom. The van der Waals surface area contributed by atoms with E-state index in [1.807, 2.05) is 12.1 Å². The van der Waals surface area contributed by atoms with E-state index in [1.54, 1.807) is 7.11 Å². The highest BCUT2D eigenvalue weighted by atomic mass is 35.5.